The van der Waals surface area contributed by atoms with Crippen molar-refractivity contribution in [1.82, 2.24) is 0 Å². The monoisotopic (exact) mass is 340 g/mol. The molecule has 0 amide bonds. The van der Waals surface area contributed by atoms with Crippen molar-refractivity contribution in [3.8, 4) is 0 Å². The van der Waals surface area contributed by atoms with Crippen LogP contribution in [0, 0.1) is 9.39 Å². The van der Waals surface area contributed by atoms with E-state index in [9.17, 15) is 4.39 Å². The Balaban J connectivity index is 2.08. The van der Waals surface area contributed by atoms with Crippen LogP contribution in [-0.2, 0) is 0 Å². The number of halogens is 2. The molecule has 2 nitrogen and oxygen atoms in total. The van der Waals surface area contributed by atoms with Crippen molar-refractivity contribution in [3.05, 3.63) is 63.5 Å². The molecule has 0 spiro atoms. The summed E-state index contributed by atoms with van der Waals surface area (Å²) in [6.07, 6.45) is 1.48. The minimum Gasteiger partial charge on any atom is -0.279 e. The molecule has 1 N–H and O–H groups in total. The second-order valence-electron chi connectivity index (χ2n) is 3.40. The van der Waals surface area contributed by atoms with E-state index in [0.717, 1.165) is 9.26 Å². The van der Waals surface area contributed by atoms with Gasteiger partial charge in [-0.2, -0.15) is 5.10 Å². The van der Waals surface area contributed by atoms with E-state index in [1.54, 1.807) is 12.1 Å². The highest BCUT2D eigenvalue weighted by molar-refractivity contribution is 14.1. The summed E-state index contributed by atoms with van der Waals surface area (Å²) in [6, 6.07) is 14.4. The summed E-state index contributed by atoms with van der Waals surface area (Å²) in [7, 11) is 0. The standard InChI is InChI=1S/C13H10FIN2/c14-13-7-6-11(15)8-10(13)9-16-17-12-4-2-1-3-5-12/h1-9,17H. The average molecular weight is 340 g/mol. The van der Waals surface area contributed by atoms with Crippen LogP contribution in [0.25, 0.3) is 0 Å². The lowest BCUT2D eigenvalue weighted by atomic mass is 10.2. The zero-order chi connectivity index (χ0) is 12.1. The van der Waals surface area contributed by atoms with Gasteiger partial charge >= 0.3 is 0 Å². The molecule has 2 aromatic rings. The van der Waals surface area contributed by atoms with Crippen molar-refractivity contribution in [2.45, 2.75) is 0 Å². The van der Waals surface area contributed by atoms with Gasteiger partial charge in [-0.05, 0) is 52.9 Å². The van der Waals surface area contributed by atoms with Gasteiger partial charge in [-0.15, -0.1) is 0 Å². The van der Waals surface area contributed by atoms with Crippen LogP contribution >= 0.6 is 22.6 Å². The first-order chi connectivity index (χ1) is 8.25. The molecule has 0 aliphatic heterocycles. The van der Waals surface area contributed by atoms with Crippen LogP contribution in [0.4, 0.5) is 10.1 Å². The molecule has 0 fully saturated rings. The summed E-state index contributed by atoms with van der Waals surface area (Å²) in [5.41, 5.74) is 4.18. The van der Waals surface area contributed by atoms with E-state index in [0.29, 0.717) is 5.56 Å². The number of benzene rings is 2. The fourth-order valence-electron chi connectivity index (χ4n) is 1.30. The molecule has 0 heterocycles. The Morgan fingerprint density at radius 2 is 1.88 bits per heavy atom. The molecule has 4 heteroatoms. The fraction of sp³-hybridized carbons (Fsp3) is 0. The lowest BCUT2D eigenvalue weighted by molar-refractivity contribution is 0.625. The predicted octanol–water partition coefficient (Wildman–Crippen LogP) is 3.88. The topological polar surface area (TPSA) is 24.4 Å². The molecule has 17 heavy (non-hydrogen) atoms. The third kappa shape index (κ3) is 3.52. The number of hydrogen-bond acceptors (Lipinski definition) is 2. The third-order valence-electron chi connectivity index (χ3n) is 2.13. The average Bonchev–Trinajstić information content (AvgIpc) is 2.35. The minimum atomic E-state index is -0.274. The molecule has 0 aliphatic rings. The summed E-state index contributed by atoms with van der Waals surface area (Å²) in [5.74, 6) is -0.274. The Morgan fingerprint density at radius 3 is 2.65 bits per heavy atom. The predicted molar refractivity (Wildman–Crippen MR) is 76.8 cm³/mol. The summed E-state index contributed by atoms with van der Waals surface area (Å²) < 4.78 is 14.4. The van der Waals surface area contributed by atoms with Gasteiger partial charge in [0.25, 0.3) is 0 Å². The van der Waals surface area contributed by atoms with Gasteiger partial charge in [0, 0.05) is 9.13 Å². The van der Waals surface area contributed by atoms with Gasteiger partial charge in [0.2, 0.25) is 0 Å². The van der Waals surface area contributed by atoms with Crippen molar-refractivity contribution in [3.63, 3.8) is 0 Å². The van der Waals surface area contributed by atoms with E-state index in [1.165, 1.54) is 12.3 Å². The maximum Gasteiger partial charge on any atom is 0.132 e. The molecule has 0 aliphatic carbocycles. The SMILES string of the molecule is Fc1ccc(I)cc1C=NNc1ccccc1. The number of para-hydroxylation sites is 1. The summed E-state index contributed by atoms with van der Waals surface area (Å²) in [6.45, 7) is 0. The summed E-state index contributed by atoms with van der Waals surface area (Å²) in [5, 5.41) is 4.00. The van der Waals surface area contributed by atoms with Gasteiger partial charge in [0.15, 0.2) is 0 Å². The van der Waals surface area contributed by atoms with Gasteiger partial charge in [-0.3, -0.25) is 5.43 Å². The van der Waals surface area contributed by atoms with Crippen LogP contribution < -0.4 is 5.43 Å². The van der Waals surface area contributed by atoms with E-state index in [-0.39, 0.29) is 5.82 Å². The lowest BCUT2D eigenvalue weighted by Crippen LogP contribution is -1.93. The lowest BCUT2D eigenvalue weighted by Gasteiger charge is -2.00. The van der Waals surface area contributed by atoms with Crippen LogP contribution in [0.5, 0.6) is 0 Å². The number of nitrogens with zero attached hydrogens (tertiary/aromatic N) is 1. The Labute approximate surface area is 113 Å². The molecule has 0 saturated heterocycles. The van der Waals surface area contributed by atoms with Crippen LogP contribution in [-0.4, -0.2) is 6.21 Å². The molecule has 0 bridgehead atoms. The summed E-state index contributed by atoms with van der Waals surface area (Å²) >= 11 is 2.14. The molecule has 2 aromatic carbocycles. The van der Waals surface area contributed by atoms with Crippen molar-refractivity contribution in [1.29, 1.82) is 0 Å². The molecule has 2 rings (SSSR count). The maximum atomic E-state index is 13.4. The first-order valence-electron chi connectivity index (χ1n) is 5.05. The van der Waals surface area contributed by atoms with Crippen molar-refractivity contribution in [2.75, 3.05) is 5.43 Å². The Bertz CT molecular complexity index is 526. The normalized spacial score (nSPS) is 10.7. The van der Waals surface area contributed by atoms with E-state index in [2.05, 4.69) is 33.1 Å². The number of nitrogens with one attached hydrogen (secondary N) is 1. The van der Waals surface area contributed by atoms with Crippen molar-refractivity contribution >= 4 is 34.5 Å². The number of hydrogen-bond donors (Lipinski definition) is 1. The molecule has 0 aromatic heterocycles. The Kier molecular flexibility index (Phi) is 4.08. The molecule has 0 unspecified atom stereocenters. The van der Waals surface area contributed by atoms with Crippen LogP contribution in [0.1, 0.15) is 5.56 Å². The number of rotatable bonds is 3. The smallest absolute Gasteiger partial charge is 0.132 e. The minimum absolute atomic E-state index is 0.274. The molecule has 86 valence electrons. The second-order valence-corrected chi connectivity index (χ2v) is 4.65. The van der Waals surface area contributed by atoms with Gasteiger partial charge < -0.3 is 0 Å². The van der Waals surface area contributed by atoms with E-state index >= 15 is 0 Å². The zero-order valence-electron chi connectivity index (χ0n) is 8.90. The van der Waals surface area contributed by atoms with Gasteiger partial charge in [0.1, 0.15) is 5.82 Å². The van der Waals surface area contributed by atoms with Gasteiger partial charge in [0.05, 0.1) is 11.9 Å². The summed E-state index contributed by atoms with van der Waals surface area (Å²) in [4.78, 5) is 0. The van der Waals surface area contributed by atoms with Crippen LogP contribution in [0.2, 0.25) is 0 Å². The first kappa shape index (κ1) is 12.0. The molecular formula is C13H10FIN2. The zero-order valence-corrected chi connectivity index (χ0v) is 11.1. The highest BCUT2D eigenvalue weighted by atomic mass is 127. The maximum absolute atomic E-state index is 13.4. The Morgan fingerprint density at radius 1 is 1.12 bits per heavy atom. The van der Waals surface area contributed by atoms with E-state index in [1.807, 2.05) is 30.3 Å². The second kappa shape index (κ2) is 5.77. The number of hydrazone groups is 1. The molecule has 0 saturated carbocycles. The van der Waals surface area contributed by atoms with Gasteiger partial charge in [-0.1, -0.05) is 18.2 Å². The molecular weight excluding hydrogens is 330 g/mol. The van der Waals surface area contributed by atoms with Crippen LogP contribution in [0.15, 0.2) is 53.6 Å². The van der Waals surface area contributed by atoms with E-state index < -0.39 is 0 Å². The van der Waals surface area contributed by atoms with Crippen molar-refractivity contribution in [2.24, 2.45) is 5.10 Å². The highest BCUT2D eigenvalue weighted by Crippen LogP contribution is 2.11. The van der Waals surface area contributed by atoms with E-state index in [4.69, 9.17) is 0 Å². The highest BCUT2D eigenvalue weighted by Gasteiger charge is 1.99. The molecule has 0 radical (unpaired) electrons. The largest absolute Gasteiger partial charge is 0.279 e. The van der Waals surface area contributed by atoms with Crippen LogP contribution in [0.3, 0.4) is 0 Å². The third-order valence-corrected chi connectivity index (χ3v) is 2.80. The first-order valence-corrected chi connectivity index (χ1v) is 6.13. The molecule has 0 atom stereocenters. The fourth-order valence-corrected chi connectivity index (χ4v) is 1.82. The van der Waals surface area contributed by atoms with Gasteiger partial charge in [-0.25, -0.2) is 4.39 Å². The number of anilines is 1. The quantitative estimate of drug-likeness (QED) is 0.512. The Hall–Kier alpha value is -1.43. The van der Waals surface area contributed by atoms with Crippen molar-refractivity contribution < 1.29 is 4.39 Å².